The zero-order valence-corrected chi connectivity index (χ0v) is 17.8. The molecule has 3 aliphatic rings. The summed E-state index contributed by atoms with van der Waals surface area (Å²) in [4.78, 5) is 28.2. The van der Waals surface area contributed by atoms with Crippen molar-refractivity contribution >= 4 is 35.0 Å². The molecule has 1 spiro atoms. The molecule has 0 aromatic heterocycles. The largest absolute Gasteiger partial charge is 0.376 e. The Morgan fingerprint density at radius 2 is 1.93 bits per heavy atom. The van der Waals surface area contributed by atoms with Crippen LogP contribution in [0, 0.1) is 0 Å². The number of nitrogens with zero attached hydrogens (tertiary/aromatic N) is 1. The highest BCUT2D eigenvalue weighted by Gasteiger charge is 2.53. The molecule has 2 unspecified atom stereocenters. The number of ether oxygens (including phenoxy) is 2. The lowest BCUT2D eigenvalue weighted by Gasteiger charge is -2.41. The molecule has 2 saturated heterocycles. The van der Waals surface area contributed by atoms with E-state index in [1.165, 1.54) is 0 Å². The van der Waals surface area contributed by atoms with Crippen LogP contribution in [0.4, 0.5) is 0 Å². The molecule has 2 amide bonds. The van der Waals surface area contributed by atoms with Gasteiger partial charge in [-0.05, 0) is 56.7 Å². The van der Waals surface area contributed by atoms with E-state index in [2.05, 4.69) is 5.32 Å². The minimum absolute atomic E-state index is 0.0455. The van der Waals surface area contributed by atoms with Gasteiger partial charge in [0.05, 0.1) is 22.8 Å². The number of benzene rings is 1. The Hall–Kier alpha value is -1.34. The molecule has 3 fully saturated rings. The van der Waals surface area contributed by atoms with Crippen molar-refractivity contribution in [3.63, 3.8) is 0 Å². The van der Waals surface area contributed by atoms with E-state index < -0.39 is 11.8 Å². The summed E-state index contributed by atoms with van der Waals surface area (Å²) in [7, 11) is 0. The maximum atomic E-state index is 13.5. The highest BCUT2D eigenvalue weighted by atomic mass is 35.5. The first-order valence-corrected chi connectivity index (χ1v) is 11.1. The molecule has 29 heavy (non-hydrogen) atoms. The van der Waals surface area contributed by atoms with Crippen LogP contribution < -0.4 is 5.32 Å². The molecule has 8 heteroatoms. The van der Waals surface area contributed by atoms with Gasteiger partial charge in [0, 0.05) is 18.7 Å². The van der Waals surface area contributed by atoms with Crippen molar-refractivity contribution in [2.24, 2.45) is 0 Å². The molecule has 1 aromatic carbocycles. The first-order valence-electron chi connectivity index (χ1n) is 10.3. The molecular weight excluding hydrogens is 415 g/mol. The SMILES string of the molecule is O=C(NCC1CCCO1)C1COC2(CCCCC2)N1C(=O)c1ccc(Cl)c(Cl)c1. The van der Waals surface area contributed by atoms with E-state index in [1.807, 2.05) is 0 Å². The standard InChI is InChI=1S/C21H26Cl2N2O4/c22-16-7-6-14(11-17(16)23)20(27)25-18(13-29-21(25)8-2-1-3-9-21)19(26)24-12-15-5-4-10-28-15/h6-7,11,15,18H,1-5,8-10,12-13H2,(H,24,26). The van der Waals surface area contributed by atoms with Crippen molar-refractivity contribution in [2.75, 3.05) is 19.8 Å². The molecule has 1 aromatic rings. The molecule has 2 heterocycles. The summed E-state index contributed by atoms with van der Waals surface area (Å²) < 4.78 is 11.7. The van der Waals surface area contributed by atoms with Gasteiger partial charge in [0.2, 0.25) is 5.91 Å². The van der Waals surface area contributed by atoms with E-state index in [9.17, 15) is 9.59 Å². The third-order valence-corrected chi connectivity index (χ3v) is 6.85. The van der Waals surface area contributed by atoms with Crippen LogP contribution in [-0.4, -0.2) is 54.3 Å². The van der Waals surface area contributed by atoms with Gasteiger partial charge in [-0.2, -0.15) is 0 Å². The number of carbonyl (C=O) groups excluding carboxylic acids is 2. The van der Waals surface area contributed by atoms with Crippen LogP contribution in [0.1, 0.15) is 55.3 Å². The summed E-state index contributed by atoms with van der Waals surface area (Å²) in [6, 6.07) is 4.14. The molecule has 2 aliphatic heterocycles. The van der Waals surface area contributed by atoms with Gasteiger partial charge in [-0.3, -0.25) is 14.5 Å². The van der Waals surface area contributed by atoms with Crippen molar-refractivity contribution in [1.29, 1.82) is 0 Å². The van der Waals surface area contributed by atoms with Crippen molar-refractivity contribution in [3.05, 3.63) is 33.8 Å². The van der Waals surface area contributed by atoms with Crippen LogP contribution in [0.2, 0.25) is 10.0 Å². The van der Waals surface area contributed by atoms with Crippen LogP contribution in [-0.2, 0) is 14.3 Å². The quantitative estimate of drug-likeness (QED) is 0.772. The average Bonchev–Trinajstić information content (AvgIpc) is 3.37. The van der Waals surface area contributed by atoms with E-state index in [-0.39, 0.29) is 24.5 Å². The van der Waals surface area contributed by atoms with Gasteiger partial charge in [0.25, 0.3) is 5.91 Å². The van der Waals surface area contributed by atoms with Gasteiger partial charge in [-0.25, -0.2) is 0 Å². The summed E-state index contributed by atoms with van der Waals surface area (Å²) in [5.41, 5.74) is -0.320. The monoisotopic (exact) mass is 440 g/mol. The summed E-state index contributed by atoms with van der Waals surface area (Å²) in [5, 5.41) is 3.66. The second-order valence-corrected chi connectivity index (χ2v) is 8.83. The van der Waals surface area contributed by atoms with E-state index in [0.717, 1.165) is 51.6 Å². The molecule has 1 aliphatic carbocycles. The van der Waals surface area contributed by atoms with Gasteiger partial charge in [0.1, 0.15) is 11.8 Å². The number of carbonyl (C=O) groups is 2. The second-order valence-electron chi connectivity index (χ2n) is 8.02. The van der Waals surface area contributed by atoms with Crippen molar-refractivity contribution < 1.29 is 19.1 Å². The minimum Gasteiger partial charge on any atom is -0.376 e. The predicted molar refractivity (Wildman–Crippen MR) is 110 cm³/mol. The molecule has 2 atom stereocenters. The Balaban J connectivity index is 1.57. The average molecular weight is 441 g/mol. The normalized spacial score (nSPS) is 26.1. The van der Waals surface area contributed by atoms with Crippen LogP contribution >= 0.6 is 23.2 Å². The third-order valence-electron chi connectivity index (χ3n) is 6.11. The number of amides is 2. The summed E-state index contributed by atoms with van der Waals surface area (Å²) in [5.74, 6) is -0.448. The number of rotatable bonds is 4. The highest BCUT2D eigenvalue weighted by Crippen LogP contribution is 2.41. The highest BCUT2D eigenvalue weighted by molar-refractivity contribution is 6.42. The van der Waals surface area contributed by atoms with Crippen molar-refractivity contribution in [2.45, 2.75) is 62.8 Å². The van der Waals surface area contributed by atoms with Gasteiger partial charge < -0.3 is 14.8 Å². The first kappa shape index (κ1) is 20.9. The fraction of sp³-hybridized carbons (Fsp3) is 0.619. The number of nitrogens with one attached hydrogen (secondary N) is 1. The molecule has 0 bridgehead atoms. The molecule has 4 rings (SSSR count). The molecule has 1 N–H and O–H groups in total. The van der Waals surface area contributed by atoms with E-state index in [4.69, 9.17) is 32.7 Å². The lowest BCUT2D eigenvalue weighted by molar-refractivity contribution is -0.127. The fourth-order valence-corrected chi connectivity index (χ4v) is 4.88. The maximum Gasteiger partial charge on any atom is 0.256 e. The zero-order chi connectivity index (χ0) is 20.4. The molecule has 0 radical (unpaired) electrons. The third kappa shape index (κ3) is 4.26. The Bertz CT molecular complexity index is 776. The van der Waals surface area contributed by atoms with Gasteiger partial charge in [-0.15, -0.1) is 0 Å². The lowest BCUT2D eigenvalue weighted by atomic mass is 9.89. The van der Waals surface area contributed by atoms with Gasteiger partial charge >= 0.3 is 0 Å². The van der Waals surface area contributed by atoms with Crippen LogP contribution in [0.25, 0.3) is 0 Å². The van der Waals surface area contributed by atoms with Crippen LogP contribution in [0.3, 0.4) is 0 Å². The number of halogens is 2. The van der Waals surface area contributed by atoms with E-state index >= 15 is 0 Å². The topological polar surface area (TPSA) is 67.9 Å². The summed E-state index contributed by atoms with van der Waals surface area (Å²) in [6.07, 6.45) is 6.51. The van der Waals surface area contributed by atoms with Gasteiger partial charge in [-0.1, -0.05) is 29.6 Å². The van der Waals surface area contributed by atoms with Crippen LogP contribution in [0.15, 0.2) is 18.2 Å². The predicted octanol–water partition coefficient (Wildman–Crippen LogP) is 3.79. The van der Waals surface area contributed by atoms with Crippen LogP contribution in [0.5, 0.6) is 0 Å². The maximum absolute atomic E-state index is 13.5. The fourth-order valence-electron chi connectivity index (χ4n) is 4.58. The lowest BCUT2D eigenvalue weighted by Crippen LogP contribution is -2.56. The second kappa shape index (κ2) is 8.80. The van der Waals surface area contributed by atoms with Crippen molar-refractivity contribution in [1.82, 2.24) is 10.2 Å². The Labute approximate surface area is 180 Å². The molecule has 6 nitrogen and oxygen atoms in total. The Morgan fingerprint density at radius 3 is 2.62 bits per heavy atom. The van der Waals surface area contributed by atoms with Gasteiger partial charge in [0.15, 0.2) is 0 Å². The minimum atomic E-state index is -0.729. The smallest absolute Gasteiger partial charge is 0.256 e. The first-order chi connectivity index (χ1) is 14.0. The molecule has 158 valence electrons. The van der Waals surface area contributed by atoms with E-state index in [0.29, 0.717) is 22.2 Å². The Kier molecular flexibility index (Phi) is 6.35. The number of hydrogen-bond donors (Lipinski definition) is 1. The molecular formula is C21H26Cl2N2O4. The summed E-state index contributed by atoms with van der Waals surface area (Å²) >= 11 is 12.1. The number of hydrogen-bond acceptors (Lipinski definition) is 4. The van der Waals surface area contributed by atoms with Crippen molar-refractivity contribution in [3.8, 4) is 0 Å². The van der Waals surface area contributed by atoms with E-state index in [1.54, 1.807) is 23.1 Å². The zero-order valence-electron chi connectivity index (χ0n) is 16.3. The molecule has 1 saturated carbocycles. The summed E-state index contributed by atoms with van der Waals surface area (Å²) in [6.45, 7) is 1.39. The Morgan fingerprint density at radius 1 is 1.14 bits per heavy atom.